The molecule has 194 valence electrons. The van der Waals surface area contributed by atoms with Crippen molar-refractivity contribution in [2.45, 2.75) is 11.3 Å². The molecule has 2 atom stereocenters. The Morgan fingerprint density at radius 1 is 0.400 bits per heavy atom. The van der Waals surface area contributed by atoms with Crippen LogP contribution in [0.5, 0.6) is 0 Å². The van der Waals surface area contributed by atoms with Gasteiger partial charge in [-0.1, -0.05) is 133 Å². The molecule has 0 saturated heterocycles. The second kappa shape index (κ2) is 12.9. The van der Waals surface area contributed by atoms with Gasteiger partial charge in [0, 0.05) is 35.6 Å². The second-order valence-electron chi connectivity index (χ2n) is 9.51. The highest BCUT2D eigenvalue weighted by Gasteiger charge is 2.40. The normalized spacial score (nSPS) is 12.8. The Morgan fingerprint density at radius 3 is 1.25 bits per heavy atom. The smallest absolute Gasteiger partial charge is 0.0493 e. The minimum Gasteiger partial charge on any atom is -0.264 e. The van der Waals surface area contributed by atoms with E-state index in [1.165, 1.54) is 26.8 Å². The van der Waals surface area contributed by atoms with Gasteiger partial charge in [0.15, 0.2) is 0 Å². The van der Waals surface area contributed by atoms with Gasteiger partial charge in [-0.25, -0.2) is 0 Å². The highest BCUT2D eigenvalue weighted by atomic mass is 31.1. The summed E-state index contributed by atoms with van der Waals surface area (Å²) >= 11 is 0. The molecule has 0 spiro atoms. The third kappa shape index (κ3) is 5.80. The summed E-state index contributed by atoms with van der Waals surface area (Å²) in [5.41, 5.74) is 2.61. The maximum absolute atomic E-state index is 5.07. The van der Waals surface area contributed by atoms with Crippen LogP contribution in [0.1, 0.15) is 22.6 Å². The third-order valence-electron chi connectivity index (χ3n) is 7.01. The average molecular weight is 553 g/mol. The Morgan fingerprint density at radius 2 is 0.850 bits per heavy atom. The minimum absolute atomic E-state index is 0.108. The van der Waals surface area contributed by atoms with E-state index in [9.17, 15) is 0 Å². The summed E-state index contributed by atoms with van der Waals surface area (Å²) in [5, 5.41) is 5.41. The number of rotatable bonds is 9. The van der Waals surface area contributed by atoms with E-state index in [4.69, 9.17) is 4.98 Å². The highest BCUT2D eigenvalue weighted by molar-refractivity contribution is 7.77. The second-order valence-corrected chi connectivity index (χ2v) is 14.2. The van der Waals surface area contributed by atoms with Crippen LogP contribution in [0.25, 0.3) is 0 Å². The molecule has 0 radical (unpaired) electrons. The summed E-state index contributed by atoms with van der Waals surface area (Å²) in [5.74, 6) is 0. The summed E-state index contributed by atoms with van der Waals surface area (Å²) in [6, 6.07) is 54.8. The molecular weight excluding hydrogens is 522 g/mol. The van der Waals surface area contributed by atoms with Crippen molar-refractivity contribution >= 4 is 37.1 Å². The summed E-state index contributed by atoms with van der Waals surface area (Å²) in [6.07, 6.45) is 5.89. The number of aromatic nitrogens is 2. The summed E-state index contributed by atoms with van der Waals surface area (Å²) in [4.78, 5) is 9.73. The first-order valence-electron chi connectivity index (χ1n) is 13.5. The zero-order valence-corrected chi connectivity index (χ0v) is 23.9. The van der Waals surface area contributed by atoms with Crippen LogP contribution in [0.2, 0.25) is 0 Å². The molecule has 4 aromatic carbocycles. The predicted octanol–water partition coefficient (Wildman–Crippen LogP) is 7.52. The maximum Gasteiger partial charge on any atom is 0.0493 e. The van der Waals surface area contributed by atoms with Crippen LogP contribution in [0.15, 0.2) is 170 Å². The molecule has 0 aliphatic rings. The molecule has 0 fully saturated rings. The molecule has 0 N–H and O–H groups in total. The van der Waals surface area contributed by atoms with E-state index in [1.54, 1.807) is 0 Å². The van der Waals surface area contributed by atoms with Gasteiger partial charge in [0.05, 0.1) is 0 Å². The lowest BCUT2D eigenvalue weighted by Crippen LogP contribution is -2.26. The first-order valence-corrected chi connectivity index (χ1v) is 16.3. The van der Waals surface area contributed by atoms with Crippen molar-refractivity contribution in [2.75, 3.05) is 0 Å². The molecule has 0 aliphatic carbocycles. The first kappa shape index (κ1) is 26.3. The molecule has 0 amide bonds. The highest BCUT2D eigenvalue weighted by Crippen LogP contribution is 2.66. The lowest BCUT2D eigenvalue weighted by molar-refractivity contribution is 0.848. The fourth-order valence-corrected chi connectivity index (χ4v) is 11.7. The van der Waals surface area contributed by atoms with Gasteiger partial charge >= 0.3 is 0 Å². The quantitative estimate of drug-likeness (QED) is 0.173. The van der Waals surface area contributed by atoms with E-state index in [2.05, 4.69) is 157 Å². The van der Waals surface area contributed by atoms with Gasteiger partial charge in [-0.2, -0.15) is 0 Å². The van der Waals surface area contributed by atoms with Crippen LogP contribution in [0, 0.1) is 0 Å². The zero-order valence-electron chi connectivity index (χ0n) is 22.1. The number of benzene rings is 4. The summed E-state index contributed by atoms with van der Waals surface area (Å²) < 4.78 is 0. The molecule has 2 heterocycles. The van der Waals surface area contributed by atoms with Crippen molar-refractivity contribution < 1.29 is 0 Å². The van der Waals surface area contributed by atoms with Crippen LogP contribution in [0.3, 0.4) is 0 Å². The van der Waals surface area contributed by atoms with E-state index in [1.807, 2.05) is 18.5 Å². The standard InChI is InChI=1S/C36H30N2P2/c1-5-17-30(18-6-1)39(31-19-7-2-8-20-31)35(29-16-15-26-37-28-29)36(34-25-13-14-27-38-34)40(32-21-9-3-10-22-32)33-23-11-4-12-24-33/h1-28,35-36H/t35-,36-/m0/s1. The first-order chi connectivity index (χ1) is 19.9. The molecule has 0 saturated carbocycles. The van der Waals surface area contributed by atoms with E-state index < -0.39 is 15.8 Å². The van der Waals surface area contributed by atoms with Gasteiger partial charge in [0.2, 0.25) is 0 Å². The van der Waals surface area contributed by atoms with Gasteiger partial charge in [-0.3, -0.25) is 9.97 Å². The fourth-order valence-electron chi connectivity index (χ4n) is 5.30. The van der Waals surface area contributed by atoms with Gasteiger partial charge in [-0.15, -0.1) is 0 Å². The minimum atomic E-state index is -0.841. The van der Waals surface area contributed by atoms with Crippen molar-refractivity contribution in [1.29, 1.82) is 0 Å². The molecule has 0 bridgehead atoms. The van der Waals surface area contributed by atoms with Gasteiger partial charge < -0.3 is 0 Å². The third-order valence-corrected chi connectivity index (χ3v) is 12.9. The van der Waals surface area contributed by atoms with E-state index in [0.29, 0.717) is 0 Å². The Bertz CT molecular complexity index is 1380. The van der Waals surface area contributed by atoms with Gasteiger partial charge in [-0.05, 0) is 60.8 Å². The summed E-state index contributed by atoms with van der Waals surface area (Å²) in [6.45, 7) is 0. The van der Waals surface area contributed by atoms with Crippen molar-refractivity contribution in [3.05, 3.63) is 182 Å². The molecular formula is C36H30N2P2. The van der Waals surface area contributed by atoms with E-state index in [0.717, 1.165) is 5.69 Å². The summed E-state index contributed by atoms with van der Waals surface area (Å²) in [7, 11) is -1.67. The van der Waals surface area contributed by atoms with Crippen molar-refractivity contribution in [1.82, 2.24) is 9.97 Å². The number of hydrogen-bond acceptors (Lipinski definition) is 2. The van der Waals surface area contributed by atoms with Crippen LogP contribution < -0.4 is 21.2 Å². The number of nitrogens with zero attached hydrogens (tertiary/aromatic N) is 2. The fraction of sp³-hybridized carbons (Fsp3) is 0.0556. The lowest BCUT2D eigenvalue weighted by Gasteiger charge is -2.39. The molecule has 2 nitrogen and oxygen atoms in total. The van der Waals surface area contributed by atoms with Gasteiger partial charge in [0.25, 0.3) is 0 Å². The number of hydrogen-bond donors (Lipinski definition) is 0. The van der Waals surface area contributed by atoms with E-state index >= 15 is 0 Å². The number of pyridine rings is 2. The molecule has 0 aliphatic heterocycles. The van der Waals surface area contributed by atoms with Crippen LogP contribution >= 0.6 is 15.8 Å². The Kier molecular flexibility index (Phi) is 8.49. The SMILES string of the molecule is c1ccc(P(c2ccccc2)[C@@H](c2cccnc2)[C@H](c2ccccn2)P(c2ccccc2)c2ccccc2)cc1. The monoisotopic (exact) mass is 552 g/mol. The van der Waals surface area contributed by atoms with Crippen LogP contribution in [-0.2, 0) is 0 Å². The molecule has 6 rings (SSSR count). The molecule has 4 heteroatoms. The topological polar surface area (TPSA) is 25.8 Å². The zero-order chi connectivity index (χ0) is 27.0. The predicted molar refractivity (Wildman–Crippen MR) is 172 cm³/mol. The van der Waals surface area contributed by atoms with Crippen molar-refractivity contribution in [3.63, 3.8) is 0 Å². The Balaban J connectivity index is 1.67. The largest absolute Gasteiger partial charge is 0.264 e. The van der Waals surface area contributed by atoms with E-state index in [-0.39, 0.29) is 11.3 Å². The van der Waals surface area contributed by atoms with Crippen LogP contribution in [-0.4, -0.2) is 9.97 Å². The van der Waals surface area contributed by atoms with Crippen molar-refractivity contribution in [2.24, 2.45) is 0 Å². The molecule has 40 heavy (non-hydrogen) atoms. The maximum atomic E-state index is 5.07. The van der Waals surface area contributed by atoms with Crippen LogP contribution in [0.4, 0.5) is 0 Å². The molecule has 6 aromatic rings. The Hall–Kier alpha value is -3.96. The lowest BCUT2D eigenvalue weighted by atomic mass is 10.1. The van der Waals surface area contributed by atoms with Gasteiger partial charge in [0.1, 0.15) is 0 Å². The molecule has 2 aromatic heterocycles. The average Bonchev–Trinajstić information content (AvgIpc) is 3.05. The molecule has 0 unspecified atom stereocenters. The Labute approximate surface area is 239 Å². The van der Waals surface area contributed by atoms with Crippen molar-refractivity contribution in [3.8, 4) is 0 Å².